The van der Waals surface area contributed by atoms with Crippen LogP contribution < -0.4 is 4.74 Å². The fourth-order valence-electron chi connectivity index (χ4n) is 3.36. The number of para-hydroxylation sites is 1. The maximum Gasteiger partial charge on any atom is 0.269 e. The van der Waals surface area contributed by atoms with Crippen molar-refractivity contribution in [3.05, 3.63) is 112 Å². The van der Waals surface area contributed by atoms with Gasteiger partial charge in [-0.05, 0) is 23.3 Å². The van der Waals surface area contributed by atoms with Crippen molar-refractivity contribution < 1.29 is 9.66 Å². The molecule has 0 saturated carbocycles. The Morgan fingerprint density at radius 2 is 1.62 bits per heavy atom. The Balaban J connectivity index is 1.50. The van der Waals surface area contributed by atoms with Gasteiger partial charge in [0.05, 0.1) is 15.9 Å². The molecule has 0 spiro atoms. The van der Waals surface area contributed by atoms with E-state index in [4.69, 9.17) is 9.84 Å². The molecule has 0 amide bonds. The van der Waals surface area contributed by atoms with Crippen LogP contribution in [0.15, 0.2) is 95.2 Å². The van der Waals surface area contributed by atoms with Crippen molar-refractivity contribution in [2.75, 3.05) is 0 Å². The van der Waals surface area contributed by atoms with Gasteiger partial charge in [0, 0.05) is 12.1 Å². The lowest BCUT2D eigenvalue weighted by molar-refractivity contribution is -0.384. The van der Waals surface area contributed by atoms with Crippen molar-refractivity contribution in [2.24, 2.45) is 5.10 Å². The Hall–Kier alpha value is -3.98. The third-order valence-corrected chi connectivity index (χ3v) is 6.14. The highest BCUT2D eigenvalue weighted by atomic mass is 32.2. The third-order valence-electron chi connectivity index (χ3n) is 4.94. The predicted octanol–water partition coefficient (Wildman–Crippen LogP) is 4.86. The van der Waals surface area contributed by atoms with E-state index in [9.17, 15) is 10.1 Å². The minimum absolute atomic E-state index is 0.0521. The number of non-ortho nitro benzene ring substituents is 1. The maximum atomic E-state index is 11.0. The Labute approximate surface area is 187 Å². The first-order valence-electron chi connectivity index (χ1n) is 9.86. The van der Waals surface area contributed by atoms with Crippen LogP contribution in [0.5, 0.6) is 5.75 Å². The smallest absolute Gasteiger partial charge is 0.269 e. The molecule has 2 heterocycles. The van der Waals surface area contributed by atoms with Gasteiger partial charge in [-0.25, -0.2) is 0 Å². The zero-order chi connectivity index (χ0) is 21.9. The number of nitrogens with zero attached hydrogens (tertiary/aromatic N) is 5. The summed E-state index contributed by atoms with van der Waals surface area (Å²) in [7, 11) is 0. The van der Waals surface area contributed by atoms with E-state index in [0.29, 0.717) is 11.0 Å². The second kappa shape index (κ2) is 8.64. The standard InChI is InChI=1S/C23H17N5O3S/c29-28(30)18-13-11-17(12-14-18)22-21(16-7-3-1-4-8-16)26-27-20(24-25-23(27)32-22)15-31-19-9-5-2-6-10-19/h1-14,22H,15H2/t22-/m1/s1. The summed E-state index contributed by atoms with van der Waals surface area (Å²) in [6, 6.07) is 25.9. The Morgan fingerprint density at radius 1 is 0.938 bits per heavy atom. The second-order valence-corrected chi connectivity index (χ2v) is 8.08. The number of ether oxygens (including phenoxy) is 1. The molecule has 8 nitrogen and oxygen atoms in total. The third kappa shape index (κ3) is 3.97. The van der Waals surface area contributed by atoms with Crippen molar-refractivity contribution in [2.45, 2.75) is 17.0 Å². The molecule has 9 heteroatoms. The zero-order valence-corrected chi connectivity index (χ0v) is 17.6. The molecule has 4 aromatic rings. The molecule has 0 fully saturated rings. The van der Waals surface area contributed by atoms with E-state index in [2.05, 4.69) is 10.2 Å². The van der Waals surface area contributed by atoms with Crippen molar-refractivity contribution in [3.63, 3.8) is 0 Å². The van der Waals surface area contributed by atoms with Crippen LogP contribution in [0.25, 0.3) is 0 Å². The number of fused-ring (bicyclic) bond motifs is 1. The largest absolute Gasteiger partial charge is 0.486 e. The van der Waals surface area contributed by atoms with E-state index in [0.717, 1.165) is 22.6 Å². The molecule has 1 aliphatic heterocycles. The second-order valence-electron chi connectivity index (χ2n) is 7.01. The van der Waals surface area contributed by atoms with Crippen LogP contribution in [0.4, 0.5) is 5.69 Å². The number of thioether (sulfide) groups is 1. The summed E-state index contributed by atoms with van der Waals surface area (Å²) >= 11 is 1.50. The normalized spacial score (nSPS) is 15.0. The molecule has 0 aliphatic carbocycles. The lowest BCUT2D eigenvalue weighted by atomic mass is 10.0. The molecule has 0 radical (unpaired) electrons. The number of benzene rings is 3. The van der Waals surface area contributed by atoms with Gasteiger partial charge in [-0.3, -0.25) is 10.1 Å². The molecule has 1 aromatic heterocycles. The SMILES string of the molecule is O=[N+]([O-])c1ccc([C@H]2Sc3nnc(COc4ccccc4)n3N=C2c2ccccc2)cc1. The van der Waals surface area contributed by atoms with Gasteiger partial charge >= 0.3 is 0 Å². The van der Waals surface area contributed by atoms with Crippen LogP contribution in [0.2, 0.25) is 0 Å². The highest BCUT2D eigenvalue weighted by Gasteiger charge is 2.30. The number of rotatable bonds is 6. The van der Waals surface area contributed by atoms with E-state index in [1.807, 2.05) is 60.7 Å². The van der Waals surface area contributed by atoms with Gasteiger partial charge in [0.2, 0.25) is 5.16 Å². The van der Waals surface area contributed by atoms with Crippen molar-refractivity contribution in [3.8, 4) is 5.75 Å². The van der Waals surface area contributed by atoms with Crippen molar-refractivity contribution >= 4 is 23.2 Å². The van der Waals surface area contributed by atoms with Gasteiger partial charge in [0.25, 0.3) is 5.69 Å². The van der Waals surface area contributed by atoms with Gasteiger partial charge in [0.15, 0.2) is 5.82 Å². The summed E-state index contributed by atoms with van der Waals surface area (Å²) in [5.74, 6) is 1.33. The number of nitro benzene ring substituents is 1. The quantitative estimate of drug-likeness (QED) is 0.312. The number of aromatic nitrogens is 3. The molecule has 1 atom stereocenters. The van der Waals surface area contributed by atoms with Crippen LogP contribution >= 0.6 is 11.8 Å². The van der Waals surface area contributed by atoms with Gasteiger partial charge in [-0.1, -0.05) is 72.4 Å². The van der Waals surface area contributed by atoms with Gasteiger partial charge < -0.3 is 4.74 Å². The predicted molar refractivity (Wildman–Crippen MR) is 121 cm³/mol. The first-order chi connectivity index (χ1) is 15.7. The number of hydrogen-bond donors (Lipinski definition) is 0. The topological polar surface area (TPSA) is 95.4 Å². The molecule has 158 valence electrons. The van der Waals surface area contributed by atoms with E-state index < -0.39 is 4.92 Å². The summed E-state index contributed by atoms with van der Waals surface area (Å²) in [5.41, 5.74) is 2.73. The van der Waals surface area contributed by atoms with E-state index >= 15 is 0 Å². The zero-order valence-electron chi connectivity index (χ0n) is 16.7. The molecular weight excluding hydrogens is 426 g/mol. The molecule has 32 heavy (non-hydrogen) atoms. The minimum Gasteiger partial charge on any atom is -0.486 e. The molecule has 3 aromatic carbocycles. The number of nitro groups is 1. The average Bonchev–Trinajstić information content (AvgIpc) is 3.25. The van der Waals surface area contributed by atoms with Crippen molar-refractivity contribution in [1.82, 2.24) is 14.9 Å². The summed E-state index contributed by atoms with van der Waals surface area (Å²) < 4.78 is 7.54. The Bertz CT molecular complexity index is 1270. The fraction of sp³-hybridized carbons (Fsp3) is 0.0870. The van der Waals surface area contributed by atoms with Gasteiger partial charge in [-0.15, -0.1) is 10.2 Å². The minimum atomic E-state index is -0.403. The fourth-order valence-corrected chi connectivity index (χ4v) is 4.49. The molecule has 0 N–H and O–H groups in total. The lowest BCUT2D eigenvalue weighted by Gasteiger charge is -2.23. The maximum absolute atomic E-state index is 11.0. The van der Waals surface area contributed by atoms with Crippen LogP contribution in [-0.4, -0.2) is 25.5 Å². The first-order valence-corrected chi connectivity index (χ1v) is 10.7. The van der Waals surface area contributed by atoms with Crippen LogP contribution in [0.1, 0.15) is 22.2 Å². The summed E-state index contributed by atoms with van der Waals surface area (Å²) in [6.45, 7) is 0.228. The van der Waals surface area contributed by atoms with Gasteiger partial charge in [0.1, 0.15) is 12.4 Å². The summed E-state index contributed by atoms with van der Waals surface area (Å²) in [6.07, 6.45) is 0. The Kier molecular flexibility index (Phi) is 5.39. The monoisotopic (exact) mass is 443 g/mol. The highest BCUT2D eigenvalue weighted by Crippen LogP contribution is 2.41. The summed E-state index contributed by atoms with van der Waals surface area (Å²) in [4.78, 5) is 10.6. The van der Waals surface area contributed by atoms with Gasteiger partial charge in [-0.2, -0.15) is 9.78 Å². The average molecular weight is 443 g/mol. The molecule has 1 aliphatic rings. The number of hydrogen-bond acceptors (Lipinski definition) is 7. The molecule has 0 unspecified atom stereocenters. The van der Waals surface area contributed by atoms with Crippen LogP contribution in [0.3, 0.4) is 0 Å². The van der Waals surface area contributed by atoms with E-state index in [1.165, 1.54) is 23.9 Å². The van der Waals surface area contributed by atoms with Crippen molar-refractivity contribution in [1.29, 1.82) is 0 Å². The van der Waals surface area contributed by atoms with Crippen LogP contribution in [0, 0.1) is 10.1 Å². The first kappa shape index (κ1) is 20.0. The highest BCUT2D eigenvalue weighted by molar-refractivity contribution is 8.00. The molecular formula is C23H17N5O3S. The lowest BCUT2D eigenvalue weighted by Crippen LogP contribution is -2.19. The molecule has 0 bridgehead atoms. The molecule has 0 saturated heterocycles. The molecule has 5 rings (SSSR count). The van der Waals surface area contributed by atoms with E-state index in [1.54, 1.807) is 16.8 Å². The van der Waals surface area contributed by atoms with E-state index in [-0.39, 0.29) is 17.5 Å². The Morgan fingerprint density at radius 3 is 2.31 bits per heavy atom. The van der Waals surface area contributed by atoms with Crippen LogP contribution in [-0.2, 0) is 6.61 Å². The summed E-state index contributed by atoms with van der Waals surface area (Å²) in [5, 5.41) is 25.0.